The van der Waals surface area contributed by atoms with Crippen molar-refractivity contribution in [2.24, 2.45) is 5.41 Å². The second-order valence-corrected chi connectivity index (χ2v) is 9.05. The summed E-state index contributed by atoms with van der Waals surface area (Å²) in [5, 5.41) is -1.29. The summed E-state index contributed by atoms with van der Waals surface area (Å²) in [6.45, 7) is 5.12. The molecule has 6 nitrogen and oxygen atoms in total. The lowest BCUT2D eigenvalue weighted by atomic mass is 9.99. The Bertz CT molecular complexity index is 977. The number of carbonyl (C=O) groups is 2. The molecule has 7 heteroatoms. The summed E-state index contributed by atoms with van der Waals surface area (Å²) < 4.78 is 37.3. The van der Waals surface area contributed by atoms with Gasteiger partial charge in [0.05, 0.1) is 18.1 Å². The maximum absolute atomic E-state index is 13.5. The highest BCUT2D eigenvalue weighted by atomic mass is 32.2. The van der Waals surface area contributed by atoms with E-state index in [9.17, 15) is 18.0 Å². The van der Waals surface area contributed by atoms with Crippen LogP contribution < -0.4 is 0 Å². The van der Waals surface area contributed by atoms with Crippen molar-refractivity contribution < 1.29 is 27.5 Å². The van der Waals surface area contributed by atoms with Crippen LogP contribution in [0.1, 0.15) is 30.9 Å². The van der Waals surface area contributed by atoms with Crippen molar-refractivity contribution in [3.8, 4) is 0 Å². The highest BCUT2D eigenvalue weighted by molar-refractivity contribution is 7.92. The Morgan fingerprint density at radius 3 is 1.90 bits per heavy atom. The Hall–Kier alpha value is -2.67. The predicted molar refractivity (Wildman–Crippen MR) is 107 cm³/mol. The molecule has 0 aromatic heterocycles. The molecule has 2 aromatic rings. The summed E-state index contributed by atoms with van der Waals surface area (Å²) in [4.78, 5) is 26.0. The van der Waals surface area contributed by atoms with E-state index >= 15 is 0 Å². The van der Waals surface area contributed by atoms with Gasteiger partial charge in [-0.05, 0) is 38.5 Å². The monoisotopic (exact) mass is 416 g/mol. The Morgan fingerprint density at radius 2 is 1.41 bits per heavy atom. The van der Waals surface area contributed by atoms with Crippen LogP contribution in [0.5, 0.6) is 0 Å². The highest BCUT2D eigenvalue weighted by Crippen LogP contribution is 2.65. The minimum absolute atomic E-state index is 0.0266. The Labute approximate surface area is 170 Å². The van der Waals surface area contributed by atoms with Crippen LogP contribution in [0.3, 0.4) is 0 Å². The third-order valence-corrected chi connectivity index (χ3v) is 7.44. The normalized spacial score (nSPS) is 20.0. The second kappa shape index (κ2) is 7.99. The third kappa shape index (κ3) is 3.44. The van der Waals surface area contributed by atoms with E-state index in [0.29, 0.717) is 5.56 Å². The number of hydrogen-bond acceptors (Lipinski definition) is 6. The summed E-state index contributed by atoms with van der Waals surface area (Å²) in [5.74, 6) is -2.62. The Balaban J connectivity index is 2.18. The van der Waals surface area contributed by atoms with Crippen molar-refractivity contribution in [2.75, 3.05) is 13.2 Å². The first-order chi connectivity index (χ1) is 13.8. The van der Waals surface area contributed by atoms with Gasteiger partial charge in [0, 0.05) is 5.92 Å². The summed E-state index contributed by atoms with van der Waals surface area (Å²) in [6, 6.07) is 15.0. The Kier molecular flexibility index (Phi) is 5.80. The molecule has 1 aliphatic rings. The molecule has 1 saturated carbocycles. The number of hydrogen-bond donors (Lipinski definition) is 0. The van der Waals surface area contributed by atoms with Gasteiger partial charge in [0.1, 0.15) is 5.25 Å². The summed E-state index contributed by atoms with van der Waals surface area (Å²) in [5.41, 5.74) is -0.437. The lowest BCUT2D eigenvalue weighted by Crippen LogP contribution is -2.35. The molecule has 0 heterocycles. The van der Waals surface area contributed by atoms with Crippen molar-refractivity contribution in [3.05, 3.63) is 65.7 Å². The zero-order chi connectivity index (χ0) is 21.2. The number of esters is 2. The fourth-order valence-corrected chi connectivity index (χ4v) is 6.11. The average molecular weight is 416 g/mol. The quantitative estimate of drug-likeness (QED) is 0.509. The molecule has 0 aliphatic heterocycles. The second-order valence-electron chi connectivity index (χ2n) is 6.98. The SMILES string of the molecule is CCOC(=O)C1(C(=O)OCC)C(c2ccccc2)C1S(=O)(=O)c1ccc(C)cc1. The summed E-state index contributed by atoms with van der Waals surface area (Å²) in [6.07, 6.45) is 0. The maximum atomic E-state index is 13.5. The van der Waals surface area contributed by atoms with E-state index in [1.54, 1.807) is 56.3 Å². The minimum Gasteiger partial charge on any atom is -0.465 e. The van der Waals surface area contributed by atoms with Gasteiger partial charge >= 0.3 is 11.9 Å². The van der Waals surface area contributed by atoms with Crippen LogP contribution in [0.25, 0.3) is 0 Å². The fourth-order valence-electron chi connectivity index (χ4n) is 3.82. The lowest BCUT2D eigenvalue weighted by Gasteiger charge is -2.15. The van der Waals surface area contributed by atoms with Crippen LogP contribution in [0.2, 0.25) is 0 Å². The van der Waals surface area contributed by atoms with Gasteiger partial charge in [0.15, 0.2) is 15.3 Å². The van der Waals surface area contributed by atoms with E-state index in [1.165, 1.54) is 12.1 Å². The zero-order valence-corrected chi connectivity index (χ0v) is 17.4. The van der Waals surface area contributed by atoms with E-state index in [1.807, 2.05) is 6.92 Å². The summed E-state index contributed by atoms with van der Waals surface area (Å²) >= 11 is 0. The number of benzene rings is 2. The molecule has 0 N–H and O–H groups in total. The average Bonchev–Trinajstić information content (AvgIpc) is 3.42. The van der Waals surface area contributed by atoms with Crippen LogP contribution in [0.15, 0.2) is 59.5 Å². The molecule has 3 rings (SSSR count). The standard InChI is InChI=1S/C22H24O6S/c1-4-27-20(23)22(21(24)28-5-2)18(16-9-7-6-8-10-16)19(22)29(25,26)17-13-11-15(3)12-14-17/h6-14,18-19H,4-5H2,1-3H3. The van der Waals surface area contributed by atoms with Crippen LogP contribution in [0.4, 0.5) is 0 Å². The van der Waals surface area contributed by atoms with Gasteiger partial charge < -0.3 is 9.47 Å². The third-order valence-electron chi connectivity index (χ3n) is 5.20. The molecule has 2 atom stereocenters. The molecule has 1 fully saturated rings. The van der Waals surface area contributed by atoms with Crippen molar-refractivity contribution in [1.82, 2.24) is 0 Å². The number of carbonyl (C=O) groups excluding carboxylic acids is 2. The highest BCUT2D eigenvalue weighted by Gasteiger charge is 2.81. The van der Waals surface area contributed by atoms with Crippen LogP contribution in [-0.4, -0.2) is 38.8 Å². The molecule has 0 amide bonds. The number of aryl methyl sites for hydroxylation is 1. The predicted octanol–water partition coefficient (Wildman–Crippen LogP) is 3.05. The van der Waals surface area contributed by atoms with Gasteiger partial charge in [-0.25, -0.2) is 8.42 Å². The van der Waals surface area contributed by atoms with Gasteiger partial charge in [0.2, 0.25) is 0 Å². The van der Waals surface area contributed by atoms with E-state index in [0.717, 1.165) is 5.56 Å². The van der Waals surface area contributed by atoms with Gasteiger partial charge in [-0.15, -0.1) is 0 Å². The van der Waals surface area contributed by atoms with E-state index in [2.05, 4.69) is 0 Å². The molecule has 2 aromatic carbocycles. The van der Waals surface area contributed by atoms with Crippen molar-refractivity contribution >= 4 is 21.8 Å². The van der Waals surface area contributed by atoms with Crippen LogP contribution in [-0.2, 0) is 28.9 Å². The van der Waals surface area contributed by atoms with Crippen LogP contribution >= 0.6 is 0 Å². The van der Waals surface area contributed by atoms with Gasteiger partial charge in [-0.2, -0.15) is 0 Å². The summed E-state index contributed by atoms with van der Waals surface area (Å²) in [7, 11) is -4.02. The van der Waals surface area contributed by atoms with E-state index < -0.39 is 38.4 Å². The molecule has 0 radical (unpaired) electrons. The molecule has 0 bridgehead atoms. The number of sulfone groups is 1. The molecular formula is C22H24O6S. The molecule has 0 saturated heterocycles. The topological polar surface area (TPSA) is 86.7 Å². The zero-order valence-electron chi connectivity index (χ0n) is 16.6. The first kappa shape index (κ1) is 21.0. The van der Waals surface area contributed by atoms with Crippen molar-refractivity contribution in [3.63, 3.8) is 0 Å². The van der Waals surface area contributed by atoms with Crippen LogP contribution in [0, 0.1) is 12.3 Å². The first-order valence-corrected chi connectivity index (χ1v) is 11.1. The maximum Gasteiger partial charge on any atom is 0.325 e. The van der Waals surface area contributed by atoms with Crippen molar-refractivity contribution in [1.29, 1.82) is 0 Å². The van der Waals surface area contributed by atoms with E-state index in [-0.39, 0.29) is 18.1 Å². The molecule has 0 spiro atoms. The largest absolute Gasteiger partial charge is 0.465 e. The minimum atomic E-state index is -4.02. The first-order valence-electron chi connectivity index (χ1n) is 9.51. The van der Waals surface area contributed by atoms with Crippen molar-refractivity contribution in [2.45, 2.75) is 36.8 Å². The van der Waals surface area contributed by atoms with Gasteiger partial charge in [-0.3, -0.25) is 9.59 Å². The lowest BCUT2D eigenvalue weighted by molar-refractivity contribution is -0.164. The molecule has 1 aliphatic carbocycles. The molecular weight excluding hydrogens is 392 g/mol. The fraction of sp³-hybridized carbons (Fsp3) is 0.364. The molecule has 154 valence electrons. The smallest absolute Gasteiger partial charge is 0.325 e. The molecule has 2 unspecified atom stereocenters. The van der Waals surface area contributed by atoms with Gasteiger partial charge in [-0.1, -0.05) is 48.0 Å². The number of ether oxygens (including phenoxy) is 2. The Morgan fingerprint density at radius 1 is 0.897 bits per heavy atom. The number of rotatable bonds is 7. The van der Waals surface area contributed by atoms with Gasteiger partial charge in [0.25, 0.3) is 0 Å². The molecule has 29 heavy (non-hydrogen) atoms. The van der Waals surface area contributed by atoms with E-state index in [4.69, 9.17) is 9.47 Å².